The second-order valence-electron chi connectivity index (χ2n) is 4.84. The third-order valence-corrected chi connectivity index (χ3v) is 3.18. The van der Waals surface area contributed by atoms with Crippen LogP contribution in [0.2, 0.25) is 0 Å². The van der Waals surface area contributed by atoms with Crippen molar-refractivity contribution < 1.29 is 9.59 Å². The van der Waals surface area contributed by atoms with Gasteiger partial charge in [0.1, 0.15) is 0 Å². The summed E-state index contributed by atoms with van der Waals surface area (Å²) in [6.07, 6.45) is 3.28. The molecule has 1 aromatic carbocycles. The zero-order valence-corrected chi connectivity index (χ0v) is 12.4. The molecule has 1 N–H and O–H groups in total. The van der Waals surface area contributed by atoms with Crippen molar-refractivity contribution >= 4 is 11.8 Å². The highest BCUT2D eigenvalue weighted by atomic mass is 16.2. The predicted octanol–water partition coefficient (Wildman–Crippen LogP) is 2.46. The average molecular weight is 276 g/mol. The number of hydrogen-bond donors (Lipinski definition) is 1. The molecular weight excluding hydrogens is 252 g/mol. The van der Waals surface area contributed by atoms with Crippen LogP contribution in [0, 0.1) is 0 Å². The van der Waals surface area contributed by atoms with Crippen LogP contribution in [0.4, 0.5) is 0 Å². The van der Waals surface area contributed by atoms with E-state index in [0.717, 1.165) is 25.8 Å². The molecule has 0 radical (unpaired) electrons. The lowest BCUT2D eigenvalue weighted by Crippen LogP contribution is -2.38. The van der Waals surface area contributed by atoms with Crippen LogP contribution in [0.1, 0.15) is 43.5 Å². The highest BCUT2D eigenvalue weighted by molar-refractivity contribution is 5.94. The second kappa shape index (κ2) is 9.13. The predicted molar refractivity (Wildman–Crippen MR) is 80.6 cm³/mol. The molecule has 2 amide bonds. The van der Waals surface area contributed by atoms with Crippen molar-refractivity contribution in [1.29, 1.82) is 0 Å². The number of benzene rings is 1. The molecule has 0 atom stereocenters. The van der Waals surface area contributed by atoms with Crippen molar-refractivity contribution in [2.45, 2.75) is 33.1 Å². The SMILES string of the molecule is CCCCCN(CCNC(=O)c1ccccc1)C(C)=O. The number of carbonyl (C=O) groups is 2. The van der Waals surface area contributed by atoms with Crippen LogP contribution in [0.15, 0.2) is 30.3 Å². The van der Waals surface area contributed by atoms with Gasteiger partial charge in [-0.25, -0.2) is 0 Å². The van der Waals surface area contributed by atoms with Gasteiger partial charge in [-0.3, -0.25) is 9.59 Å². The highest BCUT2D eigenvalue weighted by Gasteiger charge is 2.09. The molecule has 0 aliphatic carbocycles. The van der Waals surface area contributed by atoms with Gasteiger partial charge in [-0.15, -0.1) is 0 Å². The summed E-state index contributed by atoms with van der Waals surface area (Å²) in [5.41, 5.74) is 0.646. The number of nitrogens with one attached hydrogen (secondary N) is 1. The number of carbonyl (C=O) groups excluding carboxylic acids is 2. The highest BCUT2D eigenvalue weighted by Crippen LogP contribution is 2.00. The summed E-state index contributed by atoms with van der Waals surface area (Å²) in [6.45, 7) is 5.53. The van der Waals surface area contributed by atoms with E-state index in [1.807, 2.05) is 18.2 Å². The summed E-state index contributed by atoms with van der Waals surface area (Å²) < 4.78 is 0. The van der Waals surface area contributed by atoms with Crippen molar-refractivity contribution in [1.82, 2.24) is 10.2 Å². The van der Waals surface area contributed by atoms with E-state index < -0.39 is 0 Å². The van der Waals surface area contributed by atoms with Crippen molar-refractivity contribution in [3.8, 4) is 0 Å². The Morgan fingerprint density at radius 3 is 2.40 bits per heavy atom. The Morgan fingerprint density at radius 2 is 1.80 bits per heavy atom. The lowest BCUT2D eigenvalue weighted by Gasteiger charge is -2.21. The Hall–Kier alpha value is -1.84. The Balaban J connectivity index is 2.33. The van der Waals surface area contributed by atoms with Gasteiger partial charge in [0, 0.05) is 32.1 Å². The molecule has 0 aliphatic rings. The summed E-state index contributed by atoms with van der Waals surface area (Å²) >= 11 is 0. The topological polar surface area (TPSA) is 49.4 Å². The Labute approximate surface area is 121 Å². The minimum absolute atomic E-state index is 0.0649. The van der Waals surface area contributed by atoms with E-state index in [0.29, 0.717) is 18.7 Å². The normalized spacial score (nSPS) is 10.1. The fourth-order valence-electron chi connectivity index (χ4n) is 1.98. The van der Waals surface area contributed by atoms with Gasteiger partial charge >= 0.3 is 0 Å². The standard InChI is InChI=1S/C16H24N2O2/c1-3-4-8-12-18(14(2)19)13-11-17-16(20)15-9-6-5-7-10-15/h5-7,9-10H,3-4,8,11-13H2,1-2H3,(H,17,20). The lowest BCUT2D eigenvalue weighted by molar-refractivity contribution is -0.128. The van der Waals surface area contributed by atoms with E-state index in [4.69, 9.17) is 0 Å². The first kappa shape index (κ1) is 16.2. The maximum atomic E-state index is 11.8. The molecule has 0 saturated heterocycles. The van der Waals surface area contributed by atoms with Gasteiger partial charge in [-0.1, -0.05) is 38.0 Å². The molecule has 110 valence electrons. The molecule has 0 fully saturated rings. The smallest absolute Gasteiger partial charge is 0.251 e. The fourth-order valence-corrected chi connectivity index (χ4v) is 1.98. The average Bonchev–Trinajstić information content (AvgIpc) is 2.46. The van der Waals surface area contributed by atoms with Crippen LogP contribution in [0.5, 0.6) is 0 Å². The van der Waals surface area contributed by atoms with Crippen LogP contribution < -0.4 is 5.32 Å². The molecule has 0 unspecified atom stereocenters. The maximum absolute atomic E-state index is 11.8. The summed E-state index contributed by atoms with van der Waals surface area (Å²) in [7, 11) is 0. The molecule has 4 heteroatoms. The number of rotatable bonds is 8. The first-order valence-corrected chi connectivity index (χ1v) is 7.24. The van der Waals surface area contributed by atoms with Gasteiger partial charge in [0.25, 0.3) is 5.91 Å². The van der Waals surface area contributed by atoms with Gasteiger partial charge in [0.05, 0.1) is 0 Å². The van der Waals surface area contributed by atoms with Crippen molar-refractivity contribution in [2.24, 2.45) is 0 Å². The van der Waals surface area contributed by atoms with Gasteiger partial charge in [-0.2, -0.15) is 0 Å². The zero-order valence-electron chi connectivity index (χ0n) is 12.4. The molecule has 0 spiro atoms. The summed E-state index contributed by atoms with van der Waals surface area (Å²) in [5, 5.41) is 2.84. The Bertz CT molecular complexity index is 418. The van der Waals surface area contributed by atoms with Gasteiger partial charge < -0.3 is 10.2 Å². The largest absolute Gasteiger partial charge is 0.350 e. The van der Waals surface area contributed by atoms with Crippen LogP contribution >= 0.6 is 0 Å². The van der Waals surface area contributed by atoms with Gasteiger partial charge in [0.2, 0.25) is 5.91 Å². The third-order valence-electron chi connectivity index (χ3n) is 3.18. The number of unbranched alkanes of at least 4 members (excludes halogenated alkanes) is 2. The Morgan fingerprint density at radius 1 is 1.10 bits per heavy atom. The molecular formula is C16H24N2O2. The summed E-state index contributed by atoms with van der Waals surface area (Å²) in [4.78, 5) is 25.1. The van der Waals surface area contributed by atoms with Crippen molar-refractivity contribution in [3.05, 3.63) is 35.9 Å². The first-order chi connectivity index (χ1) is 9.65. The van der Waals surface area contributed by atoms with Crippen LogP contribution in [-0.2, 0) is 4.79 Å². The molecule has 1 aromatic rings. The van der Waals surface area contributed by atoms with E-state index in [-0.39, 0.29) is 11.8 Å². The van der Waals surface area contributed by atoms with E-state index in [9.17, 15) is 9.59 Å². The fraction of sp³-hybridized carbons (Fsp3) is 0.500. The van der Waals surface area contributed by atoms with Crippen LogP contribution in [0.25, 0.3) is 0 Å². The number of hydrogen-bond acceptors (Lipinski definition) is 2. The summed E-state index contributed by atoms with van der Waals surface area (Å²) in [6, 6.07) is 9.10. The lowest BCUT2D eigenvalue weighted by atomic mass is 10.2. The summed E-state index contributed by atoms with van der Waals surface area (Å²) in [5.74, 6) is -0.0299. The number of nitrogens with zero attached hydrogens (tertiary/aromatic N) is 1. The minimum Gasteiger partial charge on any atom is -0.350 e. The third kappa shape index (κ3) is 5.87. The number of amides is 2. The van der Waals surface area contributed by atoms with E-state index in [2.05, 4.69) is 12.2 Å². The molecule has 20 heavy (non-hydrogen) atoms. The monoisotopic (exact) mass is 276 g/mol. The molecule has 0 aromatic heterocycles. The Kier molecular flexibility index (Phi) is 7.40. The molecule has 0 aliphatic heterocycles. The molecule has 0 heterocycles. The first-order valence-electron chi connectivity index (χ1n) is 7.24. The maximum Gasteiger partial charge on any atom is 0.251 e. The zero-order chi connectivity index (χ0) is 14.8. The van der Waals surface area contributed by atoms with Crippen molar-refractivity contribution in [2.75, 3.05) is 19.6 Å². The van der Waals surface area contributed by atoms with E-state index in [1.54, 1.807) is 24.0 Å². The van der Waals surface area contributed by atoms with E-state index >= 15 is 0 Å². The minimum atomic E-state index is -0.0948. The molecule has 1 rings (SSSR count). The van der Waals surface area contributed by atoms with E-state index in [1.165, 1.54) is 0 Å². The second-order valence-corrected chi connectivity index (χ2v) is 4.84. The van der Waals surface area contributed by atoms with Gasteiger partial charge in [-0.05, 0) is 18.6 Å². The van der Waals surface area contributed by atoms with Crippen molar-refractivity contribution in [3.63, 3.8) is 0 Å². The van der Waals surface area contributed by atoms with Crippen LogP contribution in [-0.4, -0.2) is 36.3 Å². The van der Waals surface area contributed by atoms with Gasteiger partial charge in [0.15, 0.2) is 0 Å². The molecule has 4 nitrogen and oxygen atoms in total. The molecule has 0 saturated carbocycles. The molecule has 0 bridgehead atoms. The van der Waals surface area contributed by atoms with Crippen LogP contribution in [0.3, 0.4) is 0 Å². The quantitative estimate of drug-likeness (QED) is 0.741.